The van der Waals surface area contributed by atoms with Gasteiger partial charge < -0.3 is 5.32 Å². The lowest BCUT2D eigenvalue weighted by Gasteiger charge is -2.55. The van der Waals surface area contributed by atoms with Crippen molar-refractivity contribution in [1.29, 1.82) is 0 Å². The fourth-order valence-electron chi connectivity index (χ4n) is 5.26. The molecule has 0 unspecified atom stereocenters. The first-order valence-corrected chi connectivity index (χ1v) is 9.72. The quantitative estimate of drug-likeness (QED) is 0.829. The van der Waals surface area contributed by atoms with E-state index in [0.717, 1.165) is 5.92 Å². The van der Waals surface area contributed by atoms with Gasteiger partial charge in [-0.15, -0.1) is 0 Å². The highest BCUT2D eigenvalue weighted by molar-refractivity contribution is 5.08. The highest BCUT2D eigenvalue weighted by Gasteiger charge is 2.48. The van der Waals surface area contributed by atoms with Crippen LogP contribution in [-0.2, 0) is 0 Å². The van der Waals surface area contributed by atoms with Gasteiger partial charge in [0.15, 0.2) is 0 Å². The molecule has 1 saturated heterocycles. The predicted octanol–water partition coefficient (Wildman–Crippen LogP) is 4.34. The maximum absolute atomic E-state index is 4.06. The number of hydrogen-bond acceptors (Lipinski definition) is 2. The van der Waals surface area contributed by atoms with E-state index in [-0.39, 0.29) is 0 Å². The fraction of sp³-hybridized carbons (Fsp3) is 1.00. The Morgan fingerprint density at radius 2 is 1.52 bits per heavy atom. The molecule has 3 fully saturated rings. The van der Waals surface area contributed by atoms with E-state index < -0.39 is 0 Å². The second-order valence-electron chi connectivity index (χ2n) is 8.19. The van der Waals surface area contributed by atoms with Gasteiger partial charge in [-0.05, 0) is 31.6 Å². The largest absolute Gasteiger partial charge is 0.308 e. The Balaban J connectivity index is 1.74. The lowest BCUT2D eigenvalue weighted by molar-refractivity contribution is -0.0163. The summed E-state index contributed by atoms with van der Waals surface area (Å²) < 4.78 is 0. The smallest absolute Gasteiger partial charge is 0.0335 e. The summed E-state index contributed by atoms with van der Waals surface area (Å²) in [5.41, 5.74) is 0.989. The topological polar surface area (TPSA) is 15.3 Å². The zero-order valence-corrected chi connectivity index (χ0v) is 14.4. The highest BCUT2D eigenvalue weighted by atomic mass is 15.3. The van der Waals surface area contributed by atoms with Gasteiger partial charge in [0.2, 0.25) is 0 Å². The molecule has 1 aliphatic heterocycles. The van der Waals surface area contributed by atoms with Crippen LogP contribution in [0.15, 0.2) is 0 Å². The van der Waals surface area contributed by atoms with Crippen LogP contribution in [0.1, 0.15) is 84.5 Å². The lowest BCUT2D eigenvalue weighted by Crippen LogP contribution is -2.70. The van der Waals surface area contributed by atoms with Crippen LogP contribution in [0.4, 0.5) is 0 Å². The third kappa shape index (κ3) is 3.17. The molecule has 2 heteroatoms. The van der Waals surface area contributed by atoms with Crippen molar-refractivity contribution in [3.63, 3.8) is 0 Å². The molecule has 1 heterocycles. The third-order valence-electron chi connectivity index (χ3n) is 6.94. The van der Waals surface area contributed by atoms with Gasteiger partial charge in [-0.1, -0.05) is 58.8 Å². The standard InChI is InChI=1S/C19H36N2/c1-3-17(4-2)14-21-16-18(10-6-5-7-11-18)20-15-19(21)12-8-9-13-19/h17,20H,3-16H2,1-2H3. The Kier molecular flexibility index (Phi) is 4.95. The molecule has 21 heavy (non-hydrogen) atoms. The van der Waals surface area contributed by atoms with Crippen molar-refractivity contribution in [1.82, 2.24) is 10.2 Å². The summed E-state index contributed by atoms with van der Waals surface area (Å²) in [5, 5.41) is 4.06. The zero-order chi connectivity index (χ0) is 14.8. The average molecular weight is 293 g/mol. The van der Waals surface area contributed by atoms with Gasteiger partial charge >= 0.3 is 0 Å². The van der Waals surface area contributed by atoms with E-state index in [0.29, 0.717) is 11.1 Å². The molecule has 0 aromatic rings. The minimum Gasteiger partial charge on any atom is -0.308 e. The molecule has 0 aromatic carbocycles. The Bertz CT molecular complexity index is 322. The van der Waals surface area contributed by atoms with Crippen molar-refractivity contribution in [3.8, 4) is 0 Å². The number of nitrogens with zero attached hydrogens (tertiary/aromatic N) is 1. The van der Waals surface area contributed by atoms with Crippen LogP contribution in [-0.4, -0.2) is 35.6 Å². The molecule has 0 bridgehead atoms. The molecule has 2 saturated carbocycles. The molecule has 1 N–H and O–H groups in total. The van der Waals surface area contributed by atoms with Crippen LogP contribution < -0.4 is 5.32 Å². The van der Waals surface area contributed by atoms with E-state index in [1.165, 1.54) is 90.3 Å². The van der Waals surface area contributed by atoms with E-state index in [2.05, 4.69) is 24.1 Å². The number of nitrogens with one attached hydrogen (secondary N) is 1. The van der Waals surface area contributed by atoms with Crippen molar-refractivity contribution in [2.45, 2.75) is 95.6 Å². The number of hydrogen-bond donors (Lipinski definition) is 1. The van der Waals surface area contributed by atoms with Gasteiger partial charge in [0.05, 0.1) is 0 Å². The average Bonchev–Trinajstić information content (AvgIpc) is 2.99. The molecule has 0 aromatic heterocycles. The minimum atomic E-state index is 0.470. The minimum absolute atomic E-state index is 0.470. The van der Waals surface area contributed by atoms with Crippen LogP contribution in [0, 0.1) is 5.92 Å². The summed E-state index contributed by atoms with van der Waals surface area (Å²) in [6.45, 7) is 8.73. The van der Waals surface area contributed by atoms with Gasteiger partial charge in [-0.25, -0.2) is 0 Å². The first-order valence-electron chi connectivity index (χ1n) is 9.72. The van der Waals surface area contributed by atoms with Gasteiger partial charge in [-0.3, -0.25) is 4.90 Å². The summed E-state index contributed by atoms with van der Waals surface area (Å²) in [7, 11) is 0. The van der Waals surface area contributed by atoms with E-state index in [1.54, 1.807) is 0 Å². The maximum Gasteiger partial charge on any atom is 0.0335 e. The molecule has 2 spiro atoms. The van der Waals surface area contributed by atoms with Gasteiger partial charge in [0, 0.05) is 30.7 Å². The number of rotatable bonds is 4. The molecule has 2 nitrogen and oxygen atoms in total. The molecule has 0 amide bonds. The molecular formula is C19H36N2. The monoisotopic (exact) mass is 292 g/mol. The van der Waals surface area contributed by atoms with Crippen molar-refractivity contribution >= 4 is 0 Å². The van der Waals surface area contributed by atoms with E-state index in [9.17, 15) is 0 Å². The molecule has 0 radical (unpaired) electrons. The normalized spacial score (nSPS) is 28.7. The second kappa shape index (κ2) is 6.58. The zero-order valence-electron chi connectivity index (χ0n) is 14.4. The first-order chi connectivity index (χ1) is 10.2. The summed E-state index contributed by atoms with van der Waals surface area (Å²) in [5.74, 6) is 0.904. The van der Waals surface area contributed by atoms with E-state index in [1.807, 2.05) is 0 Å². The van der Waals surface area contributed by atoms with Crippen LogP contribution in [0.5, 0.6) is 0 Å². The van der Waals surface area contributed by atoms with Gasteiger partial charge in [0.25, 0.3) is 0 Å². The van der Waals surface area contributed by atoms with Crippen molar-refractivity contribution in [2.24, 2.45) is 5.92 Å². The van der Waals surface area contributed by atoms with Gasteiger partial charge in [0.1, 0.15) is 0 Å². The Morgan fingerprint density at radius 3 is 2.14 bits per heavy atom. The summed E-state index contributed by atoms with van der Waals surface area (Å²) in [6, 6.07) is 0. The van der Waals surface area contributed by atoms with Crippen LogP contribution in [0.25, 0.3) is 0 Å². The van der Waals surface area contributed by atoms with Crippen LogP contribution in [0.2, 0.25) is 0 Å². The molecule has 2 aliphatic carbocycles. The third-order valence-corrected chi connectivity index (χ3v) is 6.94. The van der Waals surface area contributed by atoms with Crippen molar-refractivity contribution < 1.29 is 0 Å². The molecule has 3 aliphatic rings. The second-order valence-corrected chi connectivity index (χ2v) is 8.19. The SMILES string of the molecule is CCC(CC)CN1CC2(CCCCC2)NCC12CCCC2. The van der Waals surface area contributed by atoms with E-state index >= 15 is 0 Å². The lowest BCUT2D eigenvalue weighted by atomic mass is 9.76. The molecule has 3 rings (SSSR count). The Labute approximate surface area is 132 Å². The maximum atomic E-state index is 4.06. The van der Waals surface area contributed by atoms with Crippen molar-refractivity contribution in [3.05, 3.63) is 0 Å². The van der Waals surface area contributed by atoms with Crippen molar-refractivity contribution in [2.75, 3.05) is 19.6 Å². The highest BCUT2D eigenvalue weighted by Crippen LogP contribution is 2.42. The molecular weight excluding hydrogens is 256 g/mol. The summed E-state index contributed by atoms with van der Waals surface area (Å²) >= 11 is 0. The van der Waals surface area contributed by atoms with Gasteiger partial charge in [-0.2, -0.15) is 0 Å². The number of piperazine rings is 1. The fourth-order valence-corrected chi connectivity index (χ4v) is 5.26. The van der Waals surface area contributed by atoms with Crippen LogP contribution >= 0.6 is 0 Å². The summed E-state index contributed by atoms with van der Waals surface area (Å²) in [4.78, 5) is 2.97. The first kappa shape index (κ1) is 15.8. The Hall–Kier alpha value is -0.0800. The molecule has 0 atom stereocenters. The predicted molar refractivity (Wildman–Crippen MR) is 90.7 cm³/mol. The Morgan fingerprint density at radius 1 is 0.905 bits per heavy atom. The molecule has 122 valence electrons. The van der Waals surface area contributed by atoms with Crippen LogP contribution in [0.3, 0.4) is 0 Å². The van der Waals surface area contributed by atoms with E-state index in [4.69, 9.17) is 0 Å². The summed E-state index contributed by atoms with van der Waals surface area (Å²) in [6.07, 6.45) is 15.7.